The van der Waals surface area contributed by atoms with Crippen LogP contribution in [0.1, 0.15) is 16.2 Å². The standard InChI is InChI=1S/C11H12N2O3/c1-16-11(15)9-3-2-4-10-12-8(5-6-14)7-13(9)10/h2-4,7,14H,5-6H2,1H3. The topological polar surface area (TPSA) is 63.8 Å². The lowest BCUT2D eigenvalue weighted by Crippen LogP contribution is -2.06. The predicted octanol–water partition coefficient (Wildman–Crippen LogP) is 0.656. The van der Waals surface area contributed by atoms with Gasteiger partial charge in [0.2, 0.25) is 0 Å². The maximum absolute atomic E-state index is 11.5. The first-order valence-electron chi connectivity index (χ1n) is 4.92. The number of rotatable bonds is 3. The van der Waals surface area contributed by atoms with E-state index < -0.39 is 5.97 Å². The number of fused-ring (bicyclic) bond motifs is 1. The first kappa shape index (κ1) is 10.6. The van der Waals surface area contributed by atoms with Crippen molar-refractivity contribution in [3.63, 3.8) is 0 Å². The van der Waals surface area contributed by atoms with Gasteiger partial charge < -0.3 is 9.84 Å². The molecule has 5 heteroatoms. The summed E-state index contributed by atoms with van der Waals surface area (Å²) in [5, 5.41) is 8.83. The molecular formula is C11H12N2O3. The molecule has 0 aliphatic carbocycles. The summed E-state index contributed by atoms with van der Waals surface area (Å²) in [6.45, 7) is 0.0391. The van der Waals surface area contributed by atoms with E-state index in [0.717, 1.165) is 5.69 Å². The van der Waals surface area contributed by atoms with Crippen LogP contribution in [0.25, 0.3) is 5.65 Å². The van der Waals surface area contributed by atoms with Crippen LogP contribution < -0.4 is 0 Å². The van der Waals surface area contributed by atoms with Crippen LogP contribution in [0.5, 0.6) is 0 Å². The average Bonchev–Trinajstić information content (AvgIpc) is 2.70. The van der Waals surface area contributed by atoms with Crippen molar-refractivity contribution in [3.8, 4) is 0 Å². The molecule has 0 amide bonds. The molecule has 0 saturated carbocycles. The number of aliphatic hydroxyl groups is 1. The van der Waals surface area contributed by atoms with Gasteiger partial charge in [0.1, 0.15) is 11.3 Å². The highest BCUT2D eigenvalue weighted by Crippen LogP contribution is 2.10. The number of hydrogen-bond acceptors (Lipinski definition) is 4. The first-order valence-corrected chi connectivity index (χ1v) is 4.92. The van der Waals surface area contributed by atoms with Crippen LogP contribution in [-0.4, -0.2) is 34.2 Å². The van der Waals surface area contributed by atoms with Crippen LogP contribution in [0.2, 0.25) is 0 Å². The number of methoxy groups -OCH3 is 1. The van der Waals surface area contributed by atoms with Gasteiger partial charge in [-0.1, -0.05) is 6.07 Å². The molecule has 2 rings (SSSR count). The van der Waals surface area contributed by atoms with Gasteiger partial charge in [0.15, 0.2) is 0 Å². The maximum atomic E-state index is 11.5. The number of esters is 1. The largest absolute Gasteiger partial charge is 0.464 e. The fourth-order valence-corrected chi connectivity index (χ4v) is 1.57. The molecule has 0 spiro atoms. The van der Waals surface area contributed by atoms with E-state index >= 15 is 0 Å². The quantitative estimate of drug-likeness (QED) is 0.771. The fourth-order valence-electron chi connectivity index (χ4n) is 1.57. The van der Waals surface area contributed by atoms with Gasteiger partial charge in [-0.25, -0.2) is 9.78 Å². The van der Waals surface area contributed by atoms with Gasteiger partial charge in [-0.05, 0) is 12.1 Å². The van der Waals surface area contributed by atoms with Crippen molar-refractivity contribution < 1.29 is 14.6 Å². The molecule has 0 atom stereocenters. The Hall–Kier alpha value is -1.88. The van der Waals surface area contributed by atoms with E-state index in [1.54, 1.807) is 28.8 Å². The fraction of sp³-hybridized carbons (Fsp3) is 0.273. The summed E-state index contributed by atoms with van der Waals surface area (Å²) in [6, 6.07) is 5.22. The molecule has 2 heterocycles. The molecule has 0 radical (unpaired) electrons. The number of aliphatic hydroxyl groups excluding tert-OH is 1. The molecule has 0 unspecified atom stereocenters. The van der Waals surface area contributed by atoms with Crippen molar-refractivity contribution in [2.75, 3.05) is 13.7 Å². The first-order chi connectivity index (χ1) is 7.76. The van der Waals surface area contributed by atoms with Crippen molar-refractivity contribution in [2.45, 2.75) is 6.42 Å². The third kappa shape index (κ3) is 1.77. The Labute approximate surface area is 92.3 Å². The minimum Gasteiger partial charge on any atom is -0.464 e. The van der Waals surface area contributed by atoms with Gasteiger partial charge in [-0.3, -0.25) is 4.40 Å². The predicted molar refractivity (Wildman–Crippen MR) is 57.3 cm³/mol. The summed E-state index contributed by atoms with van der Waals surface area (Å²) < 4.78 is 6.34. The summed E-state index contributed by atoms with van der Waals surface area (Å²) in [4.78, 5) is 15.7. The molecule has 0 aromatic carbocycles. The average molecular weight is 220 g/mol. The molecule has 0 bridgehead atoms. The Morgan fingerprint density at radius 1 is 1.56 bits per heavy atom. The third-order valence-electron chi connectivity index (χ3n) is 2.30. The van der Waals surface area contributed by atoms with E-state index in [1.165, 1.54) is 7.11 Å². The van der Waals surface area contributed by atoms with Crippen LogP contribution in [0.4, 0.5) is 0 Å². The molecule has 0 saturated heterocycles. The van der Waals surface area contributed by atoms with Crippen LogP contribution in [0, 0.1) is 0 Å². The van der Waals surface area contributed by atoms with Crippen LogP contribution in [0.15, 0.2) is 24.4 Å². The highest BCUT2D eigenvalue weighted by atomic mass is 16.5. The summed E-state index contributed by atoms with van der Waals surface area (Å²) in [7, 11) is 1.34. The van der Waals surface area contributed by atoms with Crippen molar-refractivity contribution >= 4 is 11.6 Å². The Morgan fingerprint density at radius 3 is 3.06 bits per heavy atom. The molecule has 0 fully saturated rings. The second kappa shape index (κ2) is 4.32. The molecule has 16 heavy (non-hydrogen) atoms. The third-order valence-corrected chi connectivity index (χ3v) is 2.30. The summed E-state index contributed by atoms with van der Waals surface area (Å²) in [5.74, 6) is -0.404. The Morgan fingerprint density at radius 2 is 2.38 bits per heavy atom. The highest BCUT2D eigenvalue weighted by Gasteiger charge is 2.11. The molecule has 1 N–H and O–H groups in total. The maximum Gasteiger partial charge on any atom is 0.355 e. The van der Waals surface area contributed by atoms with E-state index in [9.17, 15) is 4.79 Å². The number of carbonyl (C=O) groups is 1. The number of carbonyl (C=O) groups excluding carboxylic acids is 1. The number of nitrogens with zero attached hydrogens (tertiary/aromatic N) is 2. The van der Waals surface area contributed by atoms with E-state index in [4.69, 9.17) is 5.11 Å². The van der Waals surface area contributed by atoms with E-state index in [1.807, 2.05) is 0 Å². The van der Waals surface area contributed by atoms with Crippen LogP contribution in [0.3, 0.4) is 0 Å². The molecule has 2 aromatic rings. The summed E-state index contributed by atoms with van der Waals surface area (Å²) >= 11 is 0. The minimum atomic E-state index is -0.404. The SMILES string of the molecule is COC(=O)c1cccc2nc(CCO)cn12. The molecule has 0 aliphatic heterocycles. The number of hydrogen-bond donors (Lipinski definition) is 1. The Kier molecular flexibility index (Phi) is 2.87. The smallest absolute Gasteiger partial charge is 0.355 e. The van der Waals surface area contributed by atoms with Crippen molar-refractivity contribution in [2.24, 2.45) is 0 Å². The monoisotopic (exact) mass is 220 g/mol. The van der Waals surface area contributed by atoms with Gasteiger partial charge in [-0.15, -0.1) is 0 Å². The Balaban J connectivity index is 2.54. The molecule has 2 aromatic heterocycles. The minimum absolute atomic E-state index is 0.0391. The molecule has 84 valence electrons. The Bertz CT molecular complexity index is 519. The van der Waals surface area contributed by atoms with Crippen molar-refractivity contribution in [3.05, 3.63) is 35.8 Å². The summed E-state index contributed by atoms with van der Waals surface area (Å²) in [6.07, 6.45) is 2.21. The van der Waals surface area contributed by atoms with E-state index in [-0.39, 0.29) is 6.61 Å². The number of imidazole rings is 1. The van der Waals surface area contributed by atoms with Gasteiger partial charge in [0, 0.05) is 19.2 Å². The highest BCUT2D eigenvalue weighted by molar-refractivity contribution is 5.88. The molecular weight excluding hydrogens is 208 g/mol. The van der Waals surface area contributed by atoms with Crippen molar-refractivity contribution in [1.29, 1.82) is 0 Å². The van der Waals surface area contributed by atoms with Gasteiger partial charge in [-0.2, -0.15) is 0 Å². The number of ether oxygens (including phenoxy) is 1. The molecule has 5 nitrogen and oxygen atoms in total. The van der Waals surface area contributed by atoms with Crippen LogP contribution >= 0.6 is 0 Å². The van der Waals surface area contributed by atoms with Gasteiger partial charge in [0.25, 0.3) is 0 Å². The van der Waals surface area contributed by atoms with Gasteiger partial charge in [0.05, 0.1) is 12.8 Å². The zero-order chi connectivity index (χ0) is 11.5. The zero-order valence-electron chi connectivity index (χ0n) is 8.88. The van der Waals surface area contributed by atoms with E-state index in [0.29, 0.717) is 17.8 Å². The lowest BCUT2D eigenvalue weighted by molar-refractivity contribution is 0.0592. The summed E-state index contributed by atoms with van der Waals surface area (Å²) in [5.41, 5.74) is 1.85. The second-order valence-electron chi connectivity index (χ2n) is 3.34. The van der Waals surface area contributed by atoms with Gasteiger partial charge >= 0.3 is 5.97 Å². The number of aromatic nitrogens is 2. The van der Waals surface area contributed by atoms with E-state index in [2.05, 4.69) is 9.72 Å². The number of pyridine rings is 1. The lowest BCUT2D eigenvalue weighted by Gasteiger charge is -2.01. The van der Waals surface area contributed by atoms with Crippen molar-refractivity contribution in [1.82, 2.24) is 9.38 Å². The lowest BCUT2D eigenvalue weighted by atomic mass is 10.3. The molecule has 0 aliphatic rings. The second-order valence-corrected chi connectivity index (χ2v) is 3.34. The normalized spacial score (nSPS) is 10.6. The zero-order valence-corrected chi connectivity index (χ0v) is 8.88. The van der Waals surface area contributed by atoms with Crippen LogP contribution in [-0.2, 0) is 11.2 Å².